The lowest BCUT2D eigenvalue weighted by molar-refractivity contribution is 0.304. The number of rotatable bonds is 3. The van der Waals surface area contributed by atoms with Crippen molar-refractivity contribution in [2.75, 3.05) is 5.73 Å². The molecule has 94 valence electrons. The number of hydrogen-bond donors (Lipinski definition) is 1. The maximum Gasteiger partial charge on any atom is 0.124 e. The summed E-state index contributed by atoms with van der Waals surface area (Å²) in [4.78, 5) is 0. The van der Waals surface area contributed by atoms with Gasteiger partial charge in [0.15, 0.2) is 0 Å². The van der Waals surface area contributed by atoms with Crippen LogP contribution >= 0.6 is 23.2 Å². The summed E-state index contributed by atoms with van der Waals surface area (Å²) in [5.74, 6) is 0.717. The number of anilines is 1. The summed E-state index contributed by atoms with van der Waals surface area (Å²) in [6.07, 6.45) is 0. The zero-order valence-corrected chi connectivity index (χ0v) is 11.4. The molecular formula is C14H13Cl2NO. The van der Waals surface area contributed by atoms with Gasteiger partial charge in [-0.05, 0) is 24.6 Å². The van der Waals surface area contributed by atoms with Gasteiger partial charge in [0, 0.05) is 16.7 Å². The summed E-state index contributed by atoms with van der Waals surface area (Å²) < 4.78 is 5.72. The van der Waals surface area contributed by atoms with Gasteiger partial charge < -0.3 is 10.5 Å². The molecule has 0 amide bonds. The number of nitrogens with two attached hydrogens (primary N) is 1. The molecule has 0 radical (unpaired) electrons. The zero-order chi connectivity index (χ0) is 13.1. The average Bonchev–Trinajstić information content (AvgIpc) is 2.34. The highest BCUT2D eigenvalue weighted by molar-refractivity contribution is 6.33. The Labute approximate surface area is 116 Å². The Hall–Kier alpha value is -1.38. The average molecular weight is 282 g/mol. The lowest BCUT2D eigenvalue weighted by atomic mass is 10.2. The van der Waals surface area contributed by atoms with Crippen molar-refractivity contribution >= 4 is 28.9 Å². The van der Waals surface area contributed by atoms with E-state index in [9.17, 15) is 0 Å². The van der Waals surface area contributed by atoms with E-state index in [1.54, 1.807) is 12.1 Å². The fourth-order valence-electron chi connectivity index (χ4n) is 1.61. The van der Waals surface area contributed by atoms with Crippen LogP contribution in [0.1, 0.15) is 11.1 Å². The molecule has 2 nitrogen and oxygen atoms in total. The first-order chi connectivity index (χ1) is 8.58. The predicted octanol–water partition coefficient (Wildman–Crippen LogP) is 4.46. The summed E-state index contributed by atoms with van der Waals surface area (Å²) >= 11 is 12.0. The van der Waals surface area contributed by atoms with Crippen molar-refractivity contribution in [3.05, 3.63) is 57.6 Å². The highest BCUT2D eigenvalue weighted by Gasteiger charge is 2.06. The quantitative estimate of drug-likeness (QED) is 0.843. The van der Waals surface area contributed by atoms with Gasteiger partial charge in [-0.1, -0.05) is 41.4 Å². The van der Waals surface area contributed by atoms with E-state index < -0.39 is 0 Å². The van der Waals surface area contributed by atoms with Gasteiger partial charge in [0.25, 0.3) is 0 Å². The first-order valence-electron chi connectivity index (χ1n) is 5.50. The summed E-state index contributed by atoms with van der Waals surface area (Å²) in [5.41, 5.74) is 8.15. The molecule has 0 heterocycles. The van der Waals surface area contributed by atoms with E-state index in [1.165, 1.54) is 0 Å². The molecule has 0 aromatic heterocycles. The molecule has 0 spiro atoms. The normalized spacial score (nSPS) is 10.4. The van der Waals surface area contributed by atoms with Gasteiger partial charge >= 0.3 is 0 Å². The predicted molar refractivity (Wildman–Crippen MR) is 76.4 cm³/mol. The van der Waals surface area contributed by atoms with E-state index in [0.29, 0.717) is 28.1 Å². The van der Waals surface area contributed by atoms with Crippen LogP contribution in [0.25, 0.3) is 0 Å². The third-order valence-electron chi connectivity index (χ3n) is 2.64. The largest absolute Gasteiger partial charge is 0.489 e. The number of aryl methyl sites for hydroxylation is 1. The van der Waals surface area contributed by atoms with Crippen molar-refractivity contribution in [3.63, 3.8) is 0 Å². The molecule has 0 saturated heterocycles. The highest BCUT2D eigenvalue weighted by Crippen LogP contribution is 2.29. The molecule has 0 saturated carbocycles. The van der Waals surface area contributed by atoms with E-state index in [1.807, 2.05) is 31.2 Å². The standard InChI is InChI=1S/C14H13Cl2NO/c1-9-6-13(17)12(16)7-14(9)18-8-10-4-2-3-5-11(10)15/h2-7H,8,17H2,1H3. The van der Waals surface area contributed by atoms with Crippen LogP contribution in [-0.4, -0.2) is 0 Å². The van der Waals surface area contributed by atoms with Crippen LogP contribution in [0.15, 0.2) is 36.4 Å². The van der Waals surface area contributed by atoms with Crippen LogP contribution in [0.3, 0.4) is 0 Å². The maximum absolute atomic E-state index is 6.06. The lowest BCUT2D eigenvalue weighted by Crippen LogP contribution is -1.99. The molecule has 4 heteroatoms. The molecule has 0 bridgehead atoms. The molecule has 0 aliphatic heterocycles. The summed E-state index contributed by atoms with van der Waals surface area (Å²) in [6, 6.07) is 11.1. The maximum atomic E-state index is 6.06. The first kappa shape index (κ1) is 13.1. The minimum atomic E-state index is 0.404. The highest BCUT2D eigenvalue weighted by atomic mass is 35.5. The van der Waals surface area contributed by atoms with E-state index >= 15 is 0 Å². The summed E-state index contributed by atoms with van der Waals surface area (Å²) in [5, 5.41) is 1.19. The van der Waals surface area contributed by atoms with Gasteiger partial charge in [0.05, 0.1) is 10.7 Å². The molecule has 2 N–H and O–H groups in total. The second-order valence-corrected chi connectivity index (χ2v) is 4.83. The van der Waals surface area contributed by atoms with Crippen LogP contribution in [0.4, 0.5) is 5.69 Å². The number of hydrogen-bond acceptors (Lipinski definition) is 2. The van der Waals surface area contributed by atoms with E-state index in [0.717, 1.165) is 11.1 Å². The molecule has 0 aliphatic carbocycles. The Bertz CT molecular complexity index is 570. The summed E-state index contributed by atoms with van der Waals surface area (Å²) in [6.45, 7) is 2.33. The minimum Gasteiger partial charge on any atom is -0.489 e. The smallest absolute Gasteiger partial charge is 0.124 e. The van der Waals surface area contributed by atoms with Crippen molar-refractivity contribution in [2.24, 2.45) is 0 Å². The Kier molecular flexibility index (Phi) is 4.00. The van der Waals surface area contributed by atoms with Gasteiger partial charge in [0.2, 0.25) is 0 Å². The number of halogens is 2. The zero-order valence-electron chi connectivity index (χ0n) is 9.91. The van der Waals surface area contributed by atoms with Crippen molar-refractivity contribution in [1.82, 2.24) is 0 Å². The number of nitrogen functional groups attached to an aromatic ring is 1. The van der Waals surface area contributed by atoms with Crippen LogP contribution < -0.4 is 10.5 Å². The molecule has 18 heavy (non-hydrogen) atoms. The molecule has 0 fully saturated rings. The fourth-order valence-corrected chi connectivity index (χ4v) is 1.96. The molecule has 0 atom stereocenters. The van der Waals surface area contributed by atoms with E-state index in [2.05, 4.69) is 0 Å². The third-order valence-corrected chi connectivity index (χ3v) is 3.33. The van der Waals surface area contributed by atoms with Gasteiger partial charge in [-0.25, -0.2) is 0 Å². The summed E-state index contributed by atoms with van der Waals surface area (Å²) in [7, 11) is 0. The Morgan fingerprint density at radius 2 is 1.83 bits per heavy atom. The van der Waals surface area contributed by atoms with Crippen molar-refractivity contribution in [2.45, 2.75) is 13.5 Å². The van der Waals surface area contributed by atoms with Crippen molar-refractivity contribution < 1.29 is 4.74 Å². The van der Waals surface area contributed by atoms with Gasteiger partial charge in [-0.2, -0.15) is 0 Å². The first-order valence-corrected chi connectivity index (χ1v) is 6.25. The van der Waals surface area contributed by atoms with Gasteiger partial charge in [0.1, 0.15) is 12.4 Å². The van der Waals surface area contributed by atoms with Crippen LogP contribution in [0.5, 0.6) is 5.75 Å². The van der Waals surface area contributed by atoms with E-state index in [-0.39, 0.29) is 0 Å². The minimum absolute atomic E-state index is 0.404. The fraction of sp³-hybridized carbons (Fsp3) is 0.143. The Morgan fingerprint density at radius 3 is 2.56 bits per heavy atom. The SMILES string of the molecule is Cc1cc(N)c(Cl)cc1OCc1ccccc1Cl. The van der Waals surface area contributed by atoms with Crippen LogP contribution in [0.2, 0.25) is 10.0 Å². The lowest BCUT2D eigenvalue weighted by Gasteiger charge is -2.11. The molecule has 2 aromatic carbocycles. The van der Waals surface area contributed by atoms with Crippen molar-refractivity contribution in [3.8, 4) is 5.75 Å². The molecular weight excluding hydrogens is 269 g/mol. The number of ether oxygens (including phenoxy) is 1. The van der Waals surface area contributed by atoms with Crippen LogP contribution in [-0.2, 0) is 6.61 Å². The van der Waals surface area contributed by atoms with Crippen LogP contribution in [0, 0.1) is 6.92 Å². The van der Waals surface area contributed by atoms with Crippen molar-refractivity contribution in [1.29, 1.82) is 0 Å². The Balaban J connectivity index is 2.16. The monoisotopic (exact) mass is 281 g/mol. The third kappa shape index (κ3) is 2.89. The van der Waals surface area contributed by atoms with E-state index in [4.69, 9.17) is 33.7 Å². The second kappa shape index (κ2) is 5.51. The molecule has 2 aromatic rings. The molecule has 0 aliphatic rings. The Morgan fingerprint density at radius 1 is 1.11 bits per heavy atom. The van der Waals surface area contributed by atoms with Gasteiger partial charge in [-0.3, -0.25) is 0 Å². The topological polar surface area (TPSA) is 35.2 Å². The second-order valence-electron chi connectivity index (χ2n) is 4.02. The number of benzene rings is 2. The molecule has 2 rings (SSSR count). The van der Waals surface area contributed by atoms with Gasteiger partial charge in [-0.15, -0.1) is 0 Å². The molecule has 0 unspecified atom stereocenters.